The molecule has 1 atom stereocenters. The van der Waals surface area contributed by atoms with Gasteiger partial charge in [-0.15, -0.1) is 10.2 Å². The largest absolute Gasteiger partial charge is 0.462 e. The predicted molar refractivity (Wildman–Crippen MR) is 109 cm³/mol. The van der Waals surface area contributed by atoms with Crippen molar-refractivity contribution in [3.8, 4) is 0 Å². The number of carbonyl (C=O) groups is 1. The second kappa shape index (κ2) is 8.93. The number of ether oxygens (including phenoxy) is 2. The number of anilines is 1. The summed E-state index contributed by atoms with van der Waals surface area (Å²) in [5.41, 5.74) is 1.17. The number of nitrogens with zero attached hydrogens (tertiary/aromatic N) is 2. The van der Waals surface area contributed by atoms with Crippen molar-refractivity contribution in [3.05, 3.63) is 35.6 Å². The Morgan fingerprint density at radius 2 is 2.29 bits per heavy atom. The van der Waals surface area contributed by atoms with Crippen molar-refractivity contribution in [2.75, 3.05) is 25.1 Å². The van der Waals surface area contributed by atoms with Crippen molar-refractivity contribution in [3.63, 3.8) is 0 Å². The zero-order valence-corrected chi connectivity index (χ0v) is 17.1. The van der Waals surface area contributed by atoms with Gasteiger partial charge >= 0.3 is 5.97 Å². The number of rotatable bonds is 8. The van der Waals surface area contributed by atoms with Crippen LogP contribution < -0.4 is 5.32 Å². The molecule has 3 aromatic rings. The quantitative estimate of drug-likeness (QED) is 0.426. The van der Waals surface area contributed by atoms with Crippen molar-refractivity contribution >= 4 is 45.2 Å². The first-order chi connectivity index (χ1) is 13.7. The average Bonchev–Trinajstić information content (AvgIpc) is 3.43. The summed E-state index contributed by atoms with van der Waals surface area (Å²) in [6, 6.07) is 7.49. The highest BCUT2D eigenvalue weighted by Crippen LogP contribution is 2.33. The molecule has 1 N–H and O–H groups in total. The first-order valence-corrected chi connectivity index (χ1v) is 11.0. The van der Waals surface area contributed by atoms with Crippen LogP contribution in [0.3, 0.4) is 0 Å². The number of nitrogens with one attached hydrogen (secondary N) is 1. The lowest BCUT2D eigenvalue weighted by atomic mass is 10.1. The molecule has 0 spiro atoms. The fourth-order valence-corrected chi connectivity index (χ4v) is 4.79. The van der Waals surface area contributed by atoms with E-state index in [1.165, 1.54) is 23.1 Å². The smallest absolute Gasteiger partial charge is 0.342 e. The third-order valence-corrected chi connectivity index (χ3v) is 6.40. The van der Waals surface area contributed by atoms with E-state index in [2.05, 4.69) is 15.5 Å². The van der Waals surface area contributed by atoms with Crippen molar-refractivity contribution in [2.24, 2.45) is 0 Å². The Morgan fingerprint density at radius 3 is 3.11 bits per heavy atom. The van der Waals surface area contributed by atoms with Gasteiger partial charge in [-0.25, -0.2) is 4.79 Å². The molecular weight excluding hydrogens is 398 g/mol. The normalized spacial score (nSPS) is 16.5. The standard InChI is InChI=1S/C19H21N3O4S2/c1-2-24-17(23)16-13-7-3-4-8-14(13)26-15(16)11-27-19-22-21-18(28-19)20-10-12-6-5-9-25-12/h3-4,7-8,12H,2,5-6,9-11H2,1H3,(H,20,21). The second-order valence-corrected chi connectivity index (χ2v) is 8.49. The minimum Gasteiger partial charge on any atom is -0.462 e. The van der Waals surface area contributed by atoms with Gasteiger partial charge in [0.25, 0.3) is 0 Å². The van der Waals surface area contributed by atoms with E-state index in [1.54, 1.807) is 6.92 Å². The van der Waals surface area contributed by atoms with Gasteiger partial charge in [0.05, 0.1) is 18.5 Å². The molecule has 148 valence electrons. The van der Waals surface area contributed by atoms with Gasteiger partial charge in [-0.05, 0) is 25.8 Å². The van der Waals surface area contributed by atoms with Gasteiger partial charge < -0.3 is 19.2 Å². The summed E-state index contributed by atoms with van der Waals surface area (Å²) in [6.07, 6.45) is 2.45. The molecular formula is C19H21N3O4S2. The van der Waals surface area contributed by atoms with Gasteiger partial charge in [0, 0.05) is 18.5 Å². The van der Waals surface area contributed by atoms with Crippen LogP contribution in [0.25, 0.3) is 11.0 Å². The van der Waals surface area contributed by atoms with Crippen LogP contribution in [0.4, 0.5) is 5.13 Å². The molecule has 1 aliphatic rings. The fourth-order valence-electron chi connectivity index (χ4n) is 3.10. The summed E-state index contributed by atoms with van der Waals surface area (Å²) < 4.78 is 17.5. The minimum absolute atomic E-state index is 0.252. The van der Waals surface area contributed by atoms with Gasteiger partial charge in [0.2, 0.25) is 5.13 Å². The van der Waals surface area contributed by atoms with E-state index in [-0.39, 0.29) is 12.1 Å². The monoisotopic (exact) mass is 419 g/mol. The highest BCUT2D eigenvalue weighted by atomic mass is 32.2. The lowest BCUT2D eigenvalue weighted by Crippen LogP contribution is -2.18. The summed E-state index contributed by atoms with van der Waals surface area (Å²) in [5.74, 6) is 0.705. The molecule has 7 nitrogen and oxygen atoms in total. The predicted octanol–water partition coefficient (Wildman–Crippen LogP) is 4.34. The molecule has 0 saturated carbocycles. The molecule has 1 aromatic carbocycles. The zero-order chi connectivity index (χ0) is 19.3. The Bertz CT molecular complexity index is 950. The molecule has 1 saturated heterocycles. The third kappa shape index (κ3) is 4.31. The Balaban J connectivity index is 1.44. The number of aromatic nitrogens is 2. The van der Waals surface area contributed by atoms with Crippen LogP contribution in [-0.2, 0) is 15.2 Å². The van der Waals surface area contributed by atoms with Crippen molar-refractivity contribution in [2.45, 2.75) is 36.0 Å². The lowest BCUT2D eigenvalue weighted by molar-refractivity contribution is 0.0526. The molecule has 1 aliphatic heterocycles. The molecule has 0 radical (unpaired) electrons. The Hall–Kier alpha value is -2.10. The highest BCUT2D eigenvalue weighted by molar-refractivity contribution is 8.00. The van der Waals surface area contributed by atoms with Crippen LogP contribution in [0, 0.1) is 0 Å². The summed E-state index contributed by atoms with van der Waals surface area (Å²) in [5, 5.41) is 13.2. The van der Waals surface area contributed by atoms with E-state index in [1.807, 2.05) is 24.3 Å². The number of hydrogen-bond acceptors (Lipinski definition) is 9. The van der Waals surface area contributed by atoms with Crippen molar-refractivity contribution in [1.29, 1.82) is 0 Å². The Kier molecular flexibility index (Phi) is 6.13. The molecule has 0 aliphatic carbocycles. The van der Waals surface area contributed by atoms with Crippen LogP contribution in [0.1, 0.15) is 35.9 Å². The first-order valence-electron chi connectivity index (χ1n) is 9.24. The van der Waals surface area contributed by atoms with Crippen LogP contribution in [0.5, 0.6) is 0 Å². The number of benzene rings is 1. The molecule has 28 heavy (non-hydrogen) atoms. The fraction of sp³-hybridized carbons (Fsp3) is 0.421. The minimum atomic E-state index is -0.362. The summed E-state index contributed by atoms with van der Waals surface area (Å²) in [6.45, 7) is 3.70. The van der Waals surface area contributed by atoms with Crippen LogP contribution in [-0.4, -0.2) is 42.0 Å². The first kappa shape index (κ1) is 19.2. The SMILES string of the molecule is CCOC(=O)c1c(CSc2nnc(NCC3CCCO3)s2)oc2ccccc12. The maximum Gasteiger partial charge on any atom is 0.342 e. The number of furan rings is 1. The van der Waals surface area contributed by atoms with Gasteiger partial charge in [0.15, 0.2) is 4.34 Å². The van der Waals surface area contributed by atoms with Crippen LogP contribution >= 0.6 is 23.1 Å². The van der Waals surface area contributed by atoms with E-state index in [9.17, 15) is 4.79 Å². The zero-order valence-electron chi connectivity index (χ0n) is 15.5. The topological polar surface area (TPSA) is 86.5 Å². The number of para-hydroxylation sites is 1. The molecule has 4 rings (SSSR count). The maximum absolute atomic E-state index is 12.4. The molecule has 2 aromatic heterocycles. The van der Waals surface area contributed by atoms with Crippen LogP contribution in [0.15, 0.2) is 33.0 Å². The average molecular weight is 420 g/mol. The van der Waals surface area contributed by atoms with Crippen molar-refractivity contribution in [1.82, 2.24) is 10.2 Å². The maximum atomic E-state index is 12.4. The third-order valence-electron chi connectivity index (χ3n) is 4.39. The van der Waals surface area contributed by atoms with E-state index in [0.29, 0.717) is 29.3 Å². The van der Waals surface area contributed by atoms with Crippen LogP contribution in [0.2, 0.25) is 0 Å². The number of hydrogen-bond donors (Lipinski definition) is 1. The second-order valence-electron chi connectivity index (χ2n) is 6.29. The van der Waals surface area contributed by atoms with E-state index >= 15 is 0 Å². The van der Waals surface area contributed by atoms with Gasteiger partial charge in [-0.2, -0.15) is 0 Å². The Labute approximate surface area is 170 Å². The van der Waals surface area contributed by atoms with Gasteiger partial charge in [0.1, 0.15) is 16.9 Å². The summed E-state index contributed by atoms with van der Waals surface area (Å²) in [4.78, 5) is 12.4. The van der Waals surface area contributed by atoms with E-state index in [4.69, 9.17) is 13.9 Å². The number of thioether (sulfide) groups is 1. The highest BCUT2D eigenvalue weighted by Gasteiger charge is 2.22. The summed E-state index contributed by atoms with van der Waals surface area (Å²) >= 11 is 2.97. The molecule has 0 bridgehead atoms. The summed E-state index contributed by atoms with van der Waals surface area (Å²) in [7, 11) is 0. The number of esters is 1. The molecule has 9 heteroatoms. The van der Waals surface area contributed by atoms with E-state index in [0.717, 1.165) is 40.9 Å². The number of carbonyl (C=O) groups excluding carboxylic acids is 1. The van der Waals surface area contributed by atoms with Gasteiger partial charge in [-0.1, -0.05) is 41.3 Å². The molecule has 1 fully saturated rings. The molecule has 1 unspecified atom stereocenters. The number of fused-ring (bicyclic) bond motifs is 1. The van der Waals surface area contributed by atoms with Crippen molar-refractivity contribution < 1.29 is 18.7 Å². The Morgan fingerprint density at radius 1 is 1.39 bits per heavy atom. The molecule has 3 heterocycles. The van der Waals surface area contributed by atoms with Gasteiger partial charge in [-0.3, -0.25) is 0 Å². The molecule has 0 amide bonds. The lowest BCUT2D eigenvalue weighted by Gasteiger charge is -2.08. The van der Waals surface area contributed by atoms with E-state index < -0.39 is 0 Å².